The lowest BCUT2D eigenvalue weighted by molar-refractivity contribution is -0.131. The number of benzene rings is 2. The largest absolute Gasteiger partial charge is 0.480 e. The van der Waals surface area contributed by atoms with Gasteiger partial charge in [-0.25, -0.2) is 8.78 Å². The minimum atomic E-state index is -1.59. The standard InChI is InChI=1S/C29H31F3N4O5/c1-15(2)11-22(36-29(40)23-12-16-5-3-4-6-20(16)34-23)28(39)35-21(13-17-9-10-33-27(17)38)24(37)14-41-26-19(31)8-7-18(30)25(26)32/h3-8,12,15,17,21-22,34H,9-11,13-14H2,1-2H3,(H,33,38)(H,35,39)(H,36,40)/t17?,21?,22-/m0/s1. The second-order valence-corrected chi connectivity index (χ2v) is 10.4. The smallest absolute Gasteiger partial charge is 0.268 e. The summed E-state index contributed by atoms with van der Waals surface area (Å²) in [5.41, 5.74) is 0.990. The molecule has 1 fully saturated rings. The van der Waals surface area contributed by atoms with Crippen LogP contribution in [-0.2, 0) is 14.4 Å². The molecule has 4 N–H and O–H groups in total. The molecule has 1 saturated heterocycles. The topological polar surface area (TPSA) is 129 Å². The van der Waals surface area contributed by atoms with Gasteiger partial charge in [-0.2, -0.15) is 4.39 Å². The molecule has 1 aromatic heterocycles. The summed E-state index contributed by atoms with van der Waals surface area (Å²) in [6.07, 6.45) is 0.552. The molecule has 218 valence electrons. The Labute approximate surface area is 234 Å². The monoisotopic (exact) mass is 572 g/mol. The molecule has 2 heterocycles. The number of hydrogen-bond acceptors (Lipinski definition) is 5. The maximum Gasteiger partial charge on any atom is 0.268 e. The van der Waals surface area contributed by atoms with Crippen LogP contribution in [0.2, 0.25) is 0 Å². The number of halogens is 3. The molecule has 0 bridgehead atoms. The number of nitrogens with one attached hydrogen (secondary N) is 4. The molecule has 3 amide bonds. The maximum absolute atomic E-state index is 14.0. The van der Waals surface area contributed by atoms with Gasteiger partial charge in [0.1, 0.15) is 18.3 Å². The SMILES string of the molecule is CC(C)C[C@H](NC(=O)c1cc2ccccc2[nH]1)C(=O)NC(CC1CCNC1=O)C(=O)COc1c(F)ccc(F)c1F. The fraction of sp³-hybridized carbons (Fsp3) is 0.379. The first kappa shape index (κ1) is 29.6. The van der Waals surface area contributed by atoms with Gasteiger partial charge in [0.25, 0.3) is 5.91 Å². The molecule has 4 rings (SSSR count). The third-order valence-electron chi connectivity index (χ3n) is 6.85. The van der Waals surface area contributed by atoms with Crippen LogP contribution in [0.15, 0.2) is 42.5 Å². The molecule has 1 aliphatic heterocycles. The number of aromatic amines is 1. The van der Waals surface area contributed by atoms with Gasteiger partial charge in [0.2, 0.25) is 17.6 Å². The van der Waals surface area contributed by atoms with Crippen LogP contribution < -0.4 is 20.7 Å². The molecule has 41 heavy (non-hydrogen) atoms. The average molecular weight is 573 g/mol. The highest BCUT2D eigenvalue weighted by atomic mass is 19.2. The van der Waals surface area contributed by atoms with Crippen molar-refractivity contribution in [3.8, 4) is 5.75 Å². The van der Waals surface area contributed by atoms with Crippen LogP contribution in [0.3, 0.4) is 0 Å². The van der Waals surface area contributed by atoms with Gasteiger partial charge in [-0.15, -0.1) is 0 Å². The van der Waals surface area contributed by atoms with Crippen molar-refractivity contribution in [1.29, 1.82) is 0 Å². The van der Waals surface area contributed by atoms with E-state index in [0.29, 0.717) is 25.1 Å². The highest BCUT2D eigenvalue weighted by molar-refractivity contribution is 6.01. The Hall–Kier alpha value is -4.35. The van der Waals surface area contributed by atoms with Crippen molar-refractivity contribution in [3.63, 3.8) is 0 Å². The number of fused-ring (bicyclic) bond motifs is 1. The van der Waals surface area contributed by atoms with Gasteiger partial charge in [0.05, 0.1) is 6.04 Å². The number of carbonyl (C=O) groups is 4. The molecule has 0 spiro atoms. The van der Waals surface area contributed by atoms with Gasteiger partial charge in [-0.1, -0.05) is 32.0 Å². The van der Waals surface area contributed by atoms with E-state index in [0.717, 1.165) is 10.9 Å². The summed E-state index contributed by atoms with van der Waals surface area (Å²) in [5.74, 6) is -8.13. The van der Waals surface area contributed by atoms with Crippen molar-refractivity contribution in [2.24, 2.45) is 11.8 Å². The highest BCUT2D eigenvalue weighted by Crippen LogP contribution is 2.24. The third kappa shape index (κ3) is 7.24. The summed E-state index contributed by atoms with van der Waals surface area (Å²) in [6, 6.07) is 7.86. The van der Waals surface area contributed by atoms with E-state index >= 15 is 0 Å². The van der Waals surface area contributed by atoms with Crippen molar-refractivity contribution < 1.29 is 37.1 Å². The van der Waals surface area contributed by atoms with E-state index in [-0.39, 0.29) is 30.4 Å². The molecule has 0 radical (unpaired) electrons. The first-order chi connectivity index (χ1) is 19.5. The van der Waals surface area contributed by atoms with Crippen molar-refractivity contribution in [2.75, 3.05) is 13.2 Å². The second kappa shape index (κ2) is 12.9. The molecule has 12 heteroatoms. The Bertz CT molecular complexity index is 1420. The fourth-order valence-electron chi connectivity index (χ4n) is 4.72. The normalized spacial score (nSPS) is 16.3. The highest BCUT2D eigenvalue weighted by Gasteiger charge is 2.34. The van der Waals surface area contributed by atoms with Crippen molar-refractivity contribution in [3.05, 3.63) is 65.6 Å². The van der Waals surface area contributed by atoms with Crippen LogP contribution in [-0.4, -0.2) is 53.7 Å². The van der Waals surface area contributed by atoms with Crippen LogP contribution in [0.1, 0.15) is 43.6 Å². The van der Waals surface area contributed by atoms with E-state index in [2.05, 4.69) is 20.9 Å². The zero-order valence-corrected chi connectivity index (χ0v) is 22.6. The van der Waals surface area contributed by atoms with E-state index in [1.807, 2.05) is 38.1 Å². The Morgan fingerprint density at radius 2 is 1.76 bits per heavy atom. The Morgan fingerprint density at radius 3 is 2.44 bits per heavy atom. The van der Waals surface area contributed by atoms with Gasteiger partial charge in [-0.05, 0) is 49.4 Å². The minimum Gasteiger partial charge on any atom is -0.480 e. The number of ketones is 1. The van der Waals surface area contributed by atoms with E-state index in [1.165, 1.54) is 0 Å². The van der Waals surface area contributed by atoms with Crippen molar-refractivity contribution >= 4 is 34.4 Å². The van der Waals surface area contributed by atoms with E-state index in [9.17, 15) is 32.3 Å². The number of H-pyrrole nitrogens is 1. The first-order valence-corrected chi connectivity index (χ1v) is 13.3. The molecular weight excluding hydrogens is 541 g/mol. The van der Waals surface area contributed by atoms with Gasteiger partial charge in [0.15, 0.2) is 23.2 Å². The fourth-order valence-corrected chi connectivity index (χ4v) is 4.72. The predicted octanol–water partition coefficient (Wildman–Crippen LogP) is 3.39. The zero-order chi connectivity index (χ0) is 29.7. The molecule has 2 aromatic carbocycles. The van der Waals surface area contributed by atoms with Crippen LogP contribution in [0.5, 0.6) is 5.75 Å². The number of aromatic nitrogens is 1. The number of ether oxygens (including phenoxy) is 1. The van der Waals surface area contributed by atoms with Crippen LogP contribution in [0, 0.1) is 29.3 Å². The predicted molar refractivity (Wildman–Crippen MR) is 143 cm³/mol. The molecule has 3 atom stereocenters. The summed E-state index contributed by atoms with van der Waals surface area (Å²) >= 11 is 0. The molecular formula is C29H31F3N4O5. The van der Waals surface area contributed by atoms with Crippen LogP contribution in [0.25, 0.3) is 10.9 Å². The quantitative estimate of drug-likeness (QED) is 0.247. The number of carbonyl (C=O) groups excluding carboxylic acids is 4. The van der Waals surface area contributed by atoms with Crippen molar-refractivity contribution in [1.82, 2.24) is 20.9 Å². The number of para-hydroxylation sites is 1. The summed E-state index contributed by atoms with van der Waals surface area (Å²) in [7, 11) is 0. The molecule has 0 aliphatic carbocycles. The molecule has 1 aliphatic rings. The van der Waals surface area contributed by atoms with Crippen molar-refractivity contribution in [2.45, 2.75) is 45.2 Å². The summed E-state index contributed by atoms with van der Waals surface area (Å²) < 4.78 is 46.6. The van der Waals surface area contributed by atoms with Crippen LogP contribution >= 0.6 is 0 Å². The molecule has 0 saturated carbocycles. The van der Waals surface area contributed by atoms with E-state index in [4.69, 9.17) is 4.74 Å². The van der Waals surface area contributed by atoms with Gasteiger partial charge in [-0.3, -0.25) is 19.2 Å². The third-order valence-corrected chi connectivity index (χ3v) is 6.85. The lowest BCUT2D eigenvalue weighted by Gasteiger charge is -2.25. The maximum atomic E-state index is 14.0. The number of Topliss-reactive ketones (excluding diaryl/α,β-unsaturated/α-hetero) is 1. The van der Waals surface area contributed by atoms with Crippen LogP contribution in [0.4, 0.5) is 13.2 Å². The van der Waals surface area contributed by atoms with Gasteiger partial charge >= 0.3 is 0 Å². The average Bonchev–Trinajstić information content (AvgIpc) is 3.55. The second-order valence-electron chi connectivity index (χ2n) is 10.4. The lowest BCUT2D eigenvalue weighted by Crippen LogP contribution is -2.53. The van der Waals surface area contributed by atoms with Gasteiger partial charge < -0.3 is 25.7 Å². The Balaban J connectivity index is 1.50. The molecule has 9 nitrogen and oxygen atoms in total. The Kier molecular flexibility index (Phi) is 9.31. The first-order valence-electron chi connectivity index (χ1n) is 13.3. The lowest BCUT2D eigenvalue weighted by atomic mass is 9.95. The summed E-state index contributed by atoms with van der Waals surface area (Å²) in [6.45, 7) is 3.21. The van der Waals surface area contributed by atoms with E-state index in [1.54, 1.807) is 6.07 Å². The Morgan fingerprint density at radius 1 is 1.02 bits per heavy atom. The van der Waals surface area contributed by atoms with E-state index < -0.39 is 65.4 Å². The molecule has 2 unspecified atom stereocenters. The number of amides is 3. The zero-order valence-electron chi connectivity index (χ0n) is 22.6. The number of hydrogen-bond donors (Lipinski definition) is 4. The van der Waals surface area contributed by atoms with Gasteiger partial charge in [0, 0.05) is 23.4 Å². The summed E-state index contributed by atoms with van der Waals surface area (Å²) in [4.78, 5) is 54.8. The molecule has 3 aromatic rings. The summed E-state index contributed by atoms with van der Waals surface area (Å²) in [5, 5.41) is 8.77. The number of rotatable bonds is 12. The minimum absolute atomic E-state index is 0.0224.